The molecule has 1 aromatic carbocycles. The van der Waals surface area contributed by atoms with Gasteiger partial charge in [-0.3, -0.25) is 9.79 Å². The Kier molecular flexibility index (Phi) is 6.67. The molecular weight excluding hydrogens is 376 g/mol. The Morgan fingerprint density at radius 1 is 1.17 bits per heavy atom. The lowest BCUT2D eigenvalue weighted by Gasteiger charge is -2.26. The highest BCUT2D eigenvalue weighted by Gasteiger charge is 2.31. The number of hydrogen-bond donors (Lipinski definition) is 2. The number of nitrogens with one attached hydrogen (secondary N) is 2. The van der Waals surface area contributed by atoms with Gasteiger partial charge in [-0.1, -0.05) is 37.5 Å². The van der Waals surface area contributed by atoms with Crippen LogP contribution in [0.25, 0.3) is 5.69 Å². The number of rotatable bonds is 5. The smallest absolute Gasteiger partial charge is 0.225 e. The molecule has 7 nitrogen and oxygen atoms in total. The van der Waals surface area contributed by atoms with E-state index in [4.69, 9.17) is 0 Å². The van der Waals surface area contributed by atoms with Gasteiger partial charge in [-0.25, -0.2) is 4.68 Å². The number of carbonyl (C=O) groups is 1. The van der Waals surface area contributed by atoms with E-state index in [9.17, 15) is 4.79 Å². The largest absolute Gasteiger partial charge is 0.352 e. The summed E-state index contributed by atoms with van der Waals surface area (Å²) in [6.45, 7) is 2.25. The van der Waals surface area contributed by atoms with Crippen LogP contribution < -0.4 is 10.6 Å². The zero-order valence-electron chi connectivity index (χ0n) is 17.8. The van der Waals surface area contributed by atoms with E-state index < -0.39 is 0 Å². The van der Waals surface area contributed by atoms with Gasteiger partial charge in [-0.2, -0.15) is 5.10 Å². The van der Waals surface area contributed by atoms with Crippen molar-refractivity contribution in [1.82, 2.24) is 25.3 Å². The lowest BCUT2D eigenvalue weighted by Crippen LogP contribution is -2.45. The van der Waals surface area contributed by atoms with E-state index >= 15 is 0 Å². The van der Waals surface area contributed by atoms with E-state index in [1.807, 2.05) is 34.0 Å². The minimum atomic E-state index is 0.241. The van der Waals surface area contributed by atoms with E-state index in [1.54, 1.807) is 13.2 Å². The molecule has 1 unspecified atom stereocenters. The number of likely N-dealkylation sites (tertiary alicyclic amines) is 1. The summed E-state index contributed by atoms with van der Waals surface area (Å²) in [7, 11) is 1.79. The Bertz CT molecular complexity index is 856. The number of aliphatic imine (C=N–C) groups is 1. The monoisotopic (exact) mass is 408 g/mol. The van der Waals surface area contributed by atoms with E-state index in [2.05, 4.69) is 32.9 Å². The number of aromatic nitrogens is 2. The predicted octanol–water partition coefficient (Wildman–Crippen LogP) is 2.72. The van der Waals surface area contributed by atoms with Crippen molar-refractivity contribution in [2.45, 2.75) is 51.1 Å². The molecule has 0 bridgehead atoms. The Hall–Kier alpha value is -2.83. The van der Waals surface area contributed by atoms with Crippen LogP contribution >= 0.6 is 0 Å². The van der Waals surface area contributed by atoms with Crippen molar-refractivity contribution in [1.29, 1.82) is 0 Å². The predicted molar refractivity (Wildman–Crippen MR) is 118 cm³/mol. The van der Waals surface area contributed by atoms with Gasteiger partial charge in [-0.05, 0) is 37.0 Å². The molecule has 4 rings (SSSR count). The average molecular weight is 409 g/mol. The quantitative estimate of drug-likeness (QED) is 0.589. The SMILES string of the molecule is CN=C(NCc1ccccc1-n1cccn1)NC1CCN(C(=O)C2CCCCC2)C1. The minimum Gasteiger partial charge on any atom is -0.352 e. The number of nitrogens with zero attached hydrogens (tertiary/aromatic N) is 4. The highest BCUT2D eigenvalue weighted by molar-refractivity contribution is 5.81. The molecule has 1 aliphatic carbocycles. The van der Waals surface area contributed by atoms with Crippen LogP contribution in [0.1, 0.15) is 44.1 Å². The normalized spacial score (nSPS) is 20.4. The molecule has 2 N–H and O–H groups in total. The van der Waals surface area contributed by atoms with Crippen molar-refractivity contribution in [3.8, 4) is 5.69 Å². The van der Waals surface area contributed by atoms with Gasteiger partial charge < -0.3 is 15.5 Å². The summed E-state index contributed by atoms with van der Waals surface area (Å²) in [5.74, 6) is 1.37. The third-order valence-electron chi connectivity index (χ3n) is 6.21. The van der Waals surface area contributed by atoms with E-state index in [-0.39, 0.29) is 12.0 Å². The Morgan fingerprint density at radius 2 is 2.00 bits per heavy atom. The third kappa shape index (κ3) is 4.83. The summed E-state index contributed by atoms with van der Waals surface area (Å²) in [6.07, 6.45) is 10.5. The number of guanidine groups is 1. The molecule has 160 valence electrons. The van der Waals surface area contributed by atoms with Crippen molar-refractivity contribution < 1.29 is 4.79 Å². The maximum Gasteiger partial charge on any atom is 0.225 e. The topological polar surface area (TPSA) is 74.6 Å². The van der Waals surface area contributed by atoms with Crippen LogP contribution in [0.15, 0.2) is 47.7 Å². The number of benzene rings is 1. The van der Waals surface area contributed by atoms with E-state index in [0.29, 0.717) is 12.5 Å². The molecule has 1 aliphatic heterocycles. The molecule has 1 saturated carbocycles. The van der Waals surface area contributed by atoms with Gasteiger partial charge in [0.05, 0.1) is 5.69 Å². The summed E-state index contributed by atoms with van der Waals surface area (Å²) >= 11 is 0. The van der Waals surface area contributed by atoms with Gasteiger partial charge in [-0.15, -0.1) is 0 Å². The van der Waals surface area contributed by atoms with Gasteiger partial charge >= 0.3 is 0 Å². The Morgan fingerprint density at radius 3 is 2.77 bits per heavy atom. The minimum absolute atomic E-state index is 0.241. The lowest BCUT2D eigenvalue weighted by atomic mass is 9.88. The first-order valence-electron chi connectivity index (χ1n) is 11.1. The van der Waals surface area contributed by atoms with Crippen LogP contribution in [-0.2, 0) is 11.3 Å². The van der Waals surface area contributed by atoms with E-state index in [1.165, 1.54) is 19.3 Å². The molecule has 0 spiro atoms. The number of para-hydroxylation sites is 1. The molecule has 2 heterocycles. The first-order valence-corrected chi connectivity index (χ1v) is 11.1. The first kappa shape index (κ1) is 20.4. The molecular formula is C23H32N6O. The van der Waals surface area contributed by atoms with Crippen molar-refractivity contribution in [2.24, 2.45) is 10.9 Å². The second-order valence-corrected chi connectivity index (χ2v) is 8.25. The fourth-order valence-electron chi connectivity index (χ4n) is 4.55. The summed E-state index contributed by atoms with van der Waals surface area (Å²) in [4.78, 5) is 19.2. The van der Waals surface area contributed by atoms with Crippen LogP contribution in [0.5, 0.6) is 0 Å². The van der Waals surface area contributed by atoms with Gasteiger partial charge in [0.1, 0.15) is 0 Å². The van der Waals surface area contributed by atoms with Crippen molar-refractivity contribution in [3.05, 3.63) is 48.3 Å². The molecule has 1 aromatic heterocycles. The summed E-state index contributed by atoms with van der Waals surface area (Å²) < 4.78 is 1.87. The summed E-state index contributed by atoms with van der Waals surface area (Å²) in [5, 5.41) is 11.3. The number of carbonyl (C=O) groups excluding carboxylic acids is 1. The first-order chi connectivity index (χ1) is 14.7. The fraction of sp³-hybridized carbons (Fsp3) is 0.522. The fourth-order valence-corrected chi connectivity index (χ4v) is 4.55. The van der Waals surface area contributed by atoms with Crippen LogP contribution in [0.4, 0.5) is 0 Å². The van der Waals surface area contributed by atoms with Gasteiger partial charge in [0.2, 0.25) is 5.91 Å². The molecule has 2 aliphatic rings. The summed E-state index contributed by atoms with van der Waals surface area (Å²) in [5.41, 5.74) is 2.19. The maximum atomic E-state index is 12.8. The zero-order valence-corrected chi connectivity index (χ0v) is 17.8. The maximum absolute atomic E-state index is 12.8. The van der Waals surface area contributed by atoms with E-state index in [0.717, 1.165) is 49.6 Å². The van der Waals surface area contributed by atoms with Crippen molar-refractivity contribution >= 4 is 11.9 Å². The number of amides is 1. The Labute approximate surface area is 178 Å². The second-order valence-electron chi connectivity index (χ2n) is 8.25. The molecule has 2 aromatic rings. The van der Waals surface area contributed by atoms with Gasteiger partial charge in [0, 0.05) is 51.0 Å². The molecule has 2 fully saturated rings. The van der Waals surface area contributed by atoms with Crippen LogP contribution in [0.3, 0.4) is 0 Å². The van der Waals surface area contributed by atoms with Gasteiger partial charge in [0.25, 0.3) is 0 Å². The summed E-state index contributed by atoms with van der Waals surface area (Å²) in [6, 6.07) is 10.4. The second kappa shape index (κ2) is 9.78. The number of hydrogen-bond acceptors (Lipinski definition) is 3. The van der Waals surface area contributed by atoms with Gasteiger partial charge in [0.15, 0.2) is 5.96 Å². The van der Waals surface area contributed by atoms with Crippen LogP contribution in [0.2, 0.25) is 0 Å². The third-order valence-corrected chi connectivity index (χ3v) is 6.21. The molecule has 7 heteroatoms. The van der Waals surface area contributed by atoms with Crippen molar-refractivity contribution in [3.63, 3.8) is 0 Å². The van der Waals surface area contributed by atoms with Crippen LogP contribution in [0, 0.1) is 5.92 Å². The molecule has 1 atom stereocenters. The lowest BCUT2D eigenvalue weighted by molar-refractivity contribution is -0.135. The van der Waals surface area contributed by atoms with Crippen LogP contribution in [-0.4, -0.2) is 52.7 Å². The molecule has 1 saturated heterocycles. The zero-order chi connectivity index (χ0) is 20.8. The molecule has 1 amide bonds. The molecule has 30 heavy (non-hydrogen) atoms. The standard InChI is InChI=1S/C23H32N6O/c1-24-23(25-16-19-10-5-6-11-21(19)29-14-7-13-26-29)27-20-12-15-28(17-20)22(30)18-8-3-2-4-9-18/h5-7,10-11,13-14,18,20H,2-4,8-9,12,15-17H2,1H3,(H2,24,25,27). The molecule has 0 radical (unpaired) electrons. The highest BCUT2D eigenvalue weighted by Crippen LogP contribution is 2.26. The van der Waals surface area contributed by atoms with Crippen molar-refractivity contribution in [2.75, 3.05) is 20.1 Å². The Balaban J connectivity index is 1.30. The highest BCUT2D eigenvalue weighted by atomic mass is 16.2. The average Bonchev–Trinajstić information content (AvgIpc) is 3.49.